The third kappa shape index (κ3) is 4.49. The smallest absolute Gasteiger partial charge is 0.280 e. The molecule has 3 aromatic carbocycles. The van der Waals surface area contributed by atoms with Gasteiger partial charge >= 0.3 is 0 Å². The maximum Gasteiger partial charge on any atom is 0.280 e. The van der Waals surface area contributed by atoms with E-state index in [9.17, 15) is 31.1 Å². The highest BCUT2D eigenvalue weighted by molar-refractivity contribution is 6.33. The largest absolute Gasteiger partial charge is 0.488 e. The van der Waals surface area contributed by atoms with Crippen LogP contribution < -0.4 is 9.75 Å². The highest BCUT2D eigenvalue weighted by Gasteiger charge is 2.37. The van der Waals surface area contributed by atoms with E-state index in [0.29, 0.717) is 0 Å². The van der Waals surface area contributed by atoms with Crippen molar-refractivity contribution < 1.29 is 35.9 Å². The third-order valence-corrected chi connectivity index (χ3v) is 5.31. The number of carbonyl (C=O) groups excluding carboxylic acids is 1. The van der Waals surface area contributed by atoms with Gasteiger partial charge in [0, 0.05) is 16.1 Å². The molecule has 0 atom stereocenters. The second-order valence-electron chi connectivity index (χ2n) is 7.34. The summed E-state index contributed by atoms with van der Waals surface area (Å²) in [6, 6.07) is 10.3. The molecule has 4 nitrogen and oxygen atoms in total. The van der Waals surface area contributed by atoms with E-state index in [1.54, 1.807) is 6.07 Å². The Bertz CT molecular complexity index is 1390. The van der Waals surface area contributed by atoms with E-state index >= 15 is 0 Å². The Morgan fingerprint density at radius 2 is 1.57 bits per heavy atom. The Kier molecular flexibility index (Phi) is 6.58. The average molecular weight is 511 g/mol. The van der Waals surface area contributed by atoms with Crippen LogP contribution in [-0.4, -0.2) is 11.6 Å². The van der Waals surface area contributed by atoms with Crippen molar-refractivity contribution in [2.75, 3.05) is 5.01 Å². The van der Waals surface area contributed by atoms with Gasteiger partial charge in [0.1, 0.15) is 23.9 Å². The molecule has 3 aromatic rings. The van der Waals surface area contributed by atoms with E-state index in [4.69, 9.17) is 16.3 Å². The van der Waals surface area contributed by atoms with Crippen LogP contribution in [0.1, 0.15) is 18.1 Å². The van der Waals surface area contributed by atoms with E-state index in [2.05, 4.69) is 5.10 Å². The van der Waals surface area contributed by atoms with Crippen LogP contribution in [0.5, 0.6) is 5.75 Å². The molecule has 0 aromatic heterocycles. The molecule has 0 N–H and O–H groups in total. The minimum Gasteiger partial charge on any atom is -0.488 e. The molecule has 0 radical (unpaired) electrons. The second-order valence-corrected chi connectivity index (χ2v) is 7.78. The van der Waals surface area contributed by atoms with Crippen LogP contribution in [0.4, 0.5) is 32.0 Å². The minimum absolute atomic E-state index is 0.0704. The standard InChI is InChI=1S/C24H13ClF6N2O2/c1-11-15(24(34)33(32-11)23-21(30)19(28)18(27)20(29)22(23)31)9-13-8-14(25)6-7-17(13)35-10-12-4-2-3-5-16(12)26/h2-9H,10H2,1H3/b15-9-. The number of hydrogen-bond donors (Lipinski definition) is 0. The molecule has 1 heterocycles. The second kappa shape index (κ2) is 9.46. The number of nitrogens with zero attached hydrogens (tertiary/aromatic N) is 2. The summed E-state index contributed by atoms with van der Waals surface area (Å²) in [7, 11) is 0. The van der Waals surface area contributed by atoms with E-state index in [0.717, 1.165) is 0 Å². The molecule has 1 aliphatic rings. The molecule has 35 heavy (non-hydrogen) atoms. The van der Waals surface area contributed by atoms with Crippen molar-refractivity contribution in [3.63, 3.8) is 0 Å². The van der Waals surface area contributed by atoms with Crippen LogP contribution in [0.2, 0.25) is 5.02 Å². The van der Waals surface area contributed by atoms with Gasteiger partial charge in [-0.2, -0.15) is 10.1 Å². The maximum absolute atomic E-state index is 14.2. The van der Waals surface area contributed by atoms with Gasteiger partial charge in [0.25, 0.3) is 5.91 Å². The zero-order valence-corrected chi connectivity index (χ0v) is 18.4. The van der Waals surface area contributed by atoms with Gasteiger partial charge < -0.3 is 4.74 Å². The lowest BCUT2D eigenvalue weighted by Gasteiger charge is -2.15. The summed E-state index contributed by atoms with van der Waals surface area (Å²) < 4.78 is 88.8. The lowest BCUT2D eigenvalue weighted by atomic mass is 10.1. The van der Waals surface area contributed by atoms with Crippen molar-refractivity contribution >= 4 is 35.0 Å². The van der Waals surface area contributed by atoms with Crippen molar-refractivity contribution in [2.24, 2.45) is 5.10 Å². The molecule has 0 saturated heterocycles. The summed E-state index contributed by atoms with van der Waals surface area (Å²) in [4.78, 5) is 12.9. The number of benzene rings is 3. The van der Waals surface area contributed by atoms with Crippen LogP contribution in [0.25, 0.3) is 6.08 Å². The summed E-state index contributed by atoms with van der Waals surface area (Å²) in [5.41, 5.74) is -1.30. The molecule has 0 spiro atoms. The molecule has 0 saturated carbocycles. The van der Waals surface area contributed by atoms with Gasteiger partial charge in [-0.3, -0.25) is 4.79 Å². The quantitative estimate of drug-likeness (QED) is 0.169. The van der Waals surface area contributed by atoms with Crippen molar-refractivity contribution in [2.45, 2.75) is 13.5 Å². The molecule has 0 bridgehead atoms. The minimum atomic E-state index is -2.36. The fourth-order valence-electron chi connectivity index (χ4n) is 3.31. The number of ether oxygens (including phenoxy) is 1. The molecule has 4 rings (SSSR count). The Morgan fingerprint density at radius 1 is 0.943 bits per heavy atom. The lowest BCUT2D eigenvalue weighted by Crippen LogP contribution is -2.25. The Morgan fingerprint density at radius 3 is 2.23 bits per heavy atom. The molecule has 0 unspecified atom stereocenters. The monoisotopic (exact) mass is 510 g/mol. The first-order chi connectivity index (χ1) is 16.6. The number of hydrogen-bond acceptors (Lipinski definition) is 3. The molecular weight excluding hydrogens is 498 g/mol. The van der Waals surface area contributed by atoms with Crippen LogP contribution in [0.3, 0.4) is 0 Å². The molecule has 1 aliphatic heterocycles. The number of halogens is 7. The van der Waals surface area contributed by atoms with Crippen LogP contribution >= 0.6 is 11.6 Å². The van der Waals surface area contributed by atoms with Gasteiger partial charge in [0.2, 0.25) is 5.82 Å². The van der Waals surface area contributed by atoms with Gasteiger partial charge in [-0.15, -0.1) is 0 Å². The third-order valence-electron chi connectivity index (χ3n) is 5.07. The number of rotatable bonds is 5. The van der Waals surface area contributed by atoms with Crippen molar-refractivity contribution in [3.8, 4) is 5.75 Å². The maximum atomic E-state index is 14.2. The molecule has 0 fully saturated rings. The van der Waals surface area contributed by atoms with Gasteiger partial charge in [-0.05, 0) is 37.3 Å². The Balaban J connectivity index is 1.71. The van der Waals surface area contributed by atoms with E-state index < -0.39 is 46.5 Å². The van der Waals surface area contributed by atoms with E-state index in [-0.39, 0.29) is 44.8 Å². The summed E-state index contributed by atoms with van der Waals surface area (Å²) in [5.74, 6) is -12.7. The van der Waals surface area contributed by atoms with Crippen molar-refractivity contribution in [1.82, 2.24) is 0 Å². The van der Waals surface area contributed by atoms with Crippen molar-refractivity contribution in [1.29, 1.82) is 0 Å². The van der Waals surface area contributed by atoms with E-state index in [1.165, 1.54) is 49.4 Å². The summed E-state index contributed by atoms with van der Waals surface area (Å²) >= 11 is 6.04. The first-order valence-electron chi connectivity index (χ1n) is 9.89. The van der Waals surface area contributed by atoms with Crippen LogP contribution in [-0.2, 0) is 11.4 Å². The van der Waals surface area contributed by atoms with Gasteiger partial charge in [0.05, 0.1) is 11.3 Å². The average Bonchev–Trinajstić information content (AvgIpc) is 3.10. The zero-order chi connectivity index (χ0) is 25.4. The Hall–Kier alpha value is -3.79. The zero-order valence-electron chi connectivity index (χ0n) is 17.7. The molecule has 1 amide bonds. The number of hydrazone groups is 1. The van der Waals surface area contributed by atoms with Gasteiger partial charge in [-0.25, -0.2) is 26.3 Å². The number of amides is 1. The van der Waals surface area contributed by atoms with Gasteiger partial charge in [0.15, 0.2) is 23.3 Å². The highest BCUT2D eigenvalue weighted by atomic mass is 35.5. The molecule has 11 heteroatoms. The first kappa shape index (κ1) is 24.3. The topological polar surface area (TPSA) is 41.9 Å². The lowest BCUT2D eigenvalue weighted by molar-refractivity contribution is -0.114. The van der Waals surface area contributed by atoms with E-state index in [1.807, 2.05) is 0 Å². The summed E-state index contributed by atoms with van der Waals surface area (Å²) in [5, 5.41) is 4.02. The molecule has 180 valence electrons. The van der Waals surface area contributed by atoms with Crippen molar-refractivity contribution in [3.05, 3.63) is 99.1 Å². The van der Waals surface area contributed by atoms with Crippen LogP contribution in [0, 0.1) is 34.9 Å². The fraction of sp³-hybridized carbons (Fsp3) is 0.0833. The van der Waals surface area contributed by atoms with Gasteiger partial charge in [-0.1, -0.05) is 29.8 Å². The normalized spacial score (nSPS) is 14.6. The summed E-state index contributed by atoms with van der Waals surface area (Å²) in [6.45, 7) is 1.14. The SMILES string of the molecule is CC1=NN(c2c(F)c(F)c(F)c(F)c2F)C(=O)/C1=C\c1cc(Cl)ccc1OCc1ccccc1F. The predicted octanol–water partition coefficient (Wildman–Crippen LogP) is 6.56. The first-order valence-corrected chi connectivity index (χ1v) is 10.3. The highest BCUT2D eigenvalue weighted by Crippen LogP contribution is 2.35. The summed E-state index contributed by atoms with van der Waals surface area (Å²) in [6.07, 6.45) is 1.23. The number of anilines is 1. The molecule has 0 aliphatic carbocycles. The number of carbonyl (C=O) groups is 1. The fourth-order valence-corrected chi connectivity index (χ4v) is 3.49. The molecular formula is C24H13ClF6N2O2. The Labute approximate surface area is 199 Å². The predicted molar refractivity (Wildman–Crippen MR) is 117 cm³/mol. The van der Waals surface area contributed by atoms with Crippen LogP contribution in [0.15, 0.2) is 53.1 Å².